The first kappa shape index (κ1) is 12.2. The molecule has 1 atom stereocenters. The van der Waals surface area contributed by atoms with Crippen LogP contribution < -0.4 is 5.73 Å². The zero-order valence-electron chi connectivity index (χ0n) is 9.26. The standard InChI is InChI=1S/C11H14N2O3S/c12-7-4-9(11(14)15)10(13-5-7)17-6-8-2-1-3-16-8/h4-5,8H,1-3,6,12H2,(H,14,15). The van der Waals surface area contributed by atoms with Crippen LogP contribution in [0.1, 0.15) is 23.2 Å². The molecular weight excluding hydrogens is 240 g/mol. The summed E-state index contributed by atoms with van der Waals surface area (Å²) in [4.78, 5) is 15.1. The molecule has 1 aromatic heterocycles. The van der Waals surface area contributed by atoms with Crippen LogP contribution in [0.3, 0.4) is 0 Å². The van der Waals surface area contributed by atoms with E-state index in [1.807, 2.05) is 0 Å². The monoisotopic (exact) mass is 254 g/mol. The fraction of sp³-hybridized carbons (Fsp3) is 0.455. The topological polar surface area (TPSA) is 85.4 Å². The Morgan fingerprint density at radius 2 is 2.53 bits per heavy atom. The first-order valence-electron chi connectivity index (χ1n) is 5.40. The van der Waals surface area contributed by atoms with Crippen LogP contribution in [0.2, 0.25) is 0 Å². The van der Waals surface area contributed by atoms with Gasteiger partial charge in [-0.2, -0.15) is 0 Å². The summed E-state index contributed by atoms with van der Waals surface area (Å²) in [5.74, 6) is -0.267. The molecular formula is C11H14N2O3S. The Bertz CT molecular complexity index is 419. The Kier molecular flexibility index (Phi) is 3.86. The summed E-state index contributed by atoms with van der Waals surface area (Å²) in [6, 6.07) is 1.44. The third-order valence-electron chi connectivity index (χ3n) is 2.53. The number of hydrogen-bond donors (Lipinski definition) is 2. The second kappa shape index (κ2) is 5.37. The minimum absolute atomic E-state index is 0.160. The predicted molar refractivity (Wildman–Crippen MR) is 65.3 cm³/mol. The van der Waals surface area contributed by atoms with Crippen LogP contribution >= 0.6 is 11.8 Å². The van der Waals surface area contributed by atoms with Gasteiger partial charge in [0.05, 0.1) is 23.6 Å². The van der Waals surface area contributed by atoms with Crippen molar-refractivity contribution in [1.82, 2.24) is 4.98 Å². The molecule has 92 valence electrons. The number of carboxylic acids is 1. The summed E-state index contributed by atoms with van der Waals surface area (Å²) in [5.41, 5.74) is 6.05. The molecule has 1 aliphatic heterocycles. The number of hydrogen-bond acceptors (Lipinski definition) is 5. The van der Waals surface area contributed by atoms with Gasteiger partial charge in [-0.05, 0) is 18.9 Å². The molecule has 2 heterocycles. The lowest BCUT2D eigenvalue weighted by molar-refractivity contribution is 0.0692. The lowest BCUT2D eigenvalue weighted by Gasteiger charge is -2.09. The van der Waals surface area contributed by atoms with Gasteiger partial charge in [0.15, 0.2) is 0 Å². The van der Waals surface area contributed by atoms with Crippen molar-refractivity contribution in [3.8, 4) is 0 Å². The SMILES string of the molecule is Nc1cnc(SCC2CCCO2)c(C(=O)O)c1. The normalized spacial score (nSPS) is 19.4. The van der Waals surface area contributed by atoms with Gasteiger partial charge in [-0.15, -0.1) is 11.8 Å². The van der Waals surface area contributed by atoms with E-state index in [4.69, 9.17) is 15.6 Å². The average Bonchev–Trinajstić information content (AvgIpc) is 2.80. The maximum Gasteiger partial charge on any atom is 0.338 e. The fourth-order valence-corrected chi connectivity index (χ4v) is 2.72. The summed E-state index contributed by atoms with van der Waals surface area (Å²) in [7, 11) is 0. The second-order valence-electron chi connectivity index (χ2n) is 3.87. The molecule has 2 rings (SSSR count). The van der Waals surface area contributed by atoms with E-state index in [1.165, 1.54) is 24.0 Å². The Labute approximate surface area is 103 Å². The van der Waals surface area contributed by atoms with E-state index in [0.717, 1.165) is 25.2 Å². The third kappa shape index (κ3) is 3.10. The molecule has 3 N–H and O–H groups in total. The number of thioether (sulfide) groups is 1. The number of aromatic nitrogens is 1. The number of nitrogens with zero attached hydrogens (tertiary/aromatic N) is 1. The maximum absolute atomic E-state index is 11.0. The van der Waals surface area contributed by atoms with Crippen LogP contribution in [0.4, 0.5) is 5.69 Å². The Hall–Kier alpha value is -1.27. The number of carboxylic acid groups (broad SMARTS) is 1. The Morgan fingerprint density at radius 3 is 3.18 bits per heavy atom. The van der Waals surface area contributed by atoms with Crippen molar-refractivity contribution in [1.29, 1.82) is 0 Å². The summed E-state index contributed by atoms with van der Waals surface area (Å²) < 4.78 is 5.48. The quantitative estimate of drug-likeness (QED) is 0.794. The van der Waals surface area contributed by atoms with E-state index < -0.39 is 5.97 Å². The zero-order valence-corrected chi connectivity index (χ0v) is 10.1. The lowest BCUT2D eigenvalue weighted by Crippen LogP contribution is -2.09. The number of pyridine rings is 1. The highest BCUT2D eigenvalue weighted by Gasteiger charge is 2.18. The van der Waals surface area contributed by atoms with Gasteiger partial charge in [0.2, 0.25) is 0 Å². The van der Waals surface area contributed by atoms with Gasteiger partial charge in [-0.25, -0.2) is 9.78 Å². The van der Waals surface area contributed by atoms with E-state index in [2.05, 4.69) is 4.98 Å². The van der Waals surface area contributed by atoms with Gasteiger partial charge in [-0.1, -0.05) is 0 Å². The van der Waals surface area contributed by atoms with Crippen molar-refractivity contribution >= 4 is 23.4 Å². The van der Waals surface area contributed by atoms with Crippen molar-refractivity contribution < 1.29 is 14.6 Å². The van der Waals surface area contributed by atoms with E-state index in [1.54, 1.807) is 0 Å². The summed E-state index contributed by atoms with van der Waals surface area (Å²) in [5, 5.41) is 9.54. The smallest absolute Gasteiger partial charge is 0.338 e. The molecule has 0 spiro atoms. The molecule has 1 unspecified atom stereocenters. The molecule has 1 aliphatic rings. The van der Waals surface area contributed by atoms with E-state index >= 15 is 0 Å². The molecule has 0 aliphatic carbocycles. The molecule has 0 radical (unpaired) electrons. The molecule has 5 nitrogen and oxygen atoms in total. The van der Waals surface area contributed by atoms with Gasteiger partial charge in [0.1, 0.15) is 5.03 Å². The highest BCUT2D eigenvalue weighted by molar-refractivity contribution is 7.99. The van der Waals surface area contributed by atoms with Crippen molar-refractivity contribution in [3.05, 3.63) is 17.8 Å². The largest absolute Gasteiger partial charge is 0.478 e. The van der Waals surface area contributed by atoms with Gasteiger partial charge >= 0.3 is 5.97 Å². The highest BCUT2D eigenvalue weighted by Crippen LogP contribution is 2.26. The van der Waals surface area contributed by atoms with Crippen LogP contribution in [-0.4, -0.2) is 34.5 Å². The average molecular weight is 254 g/mol. The van der Waals surface area contributed by atoms with Crippen molar-refractivity contribution in [2.75, 3.05) is 18.1 Å². The molecule has 6 heteroatoms. The Morgan fingerprint density at radius 1 is 1.71 bits per heavy atom. The van der Waals surface area contributed by atoms with Crippen LogP contribution in [0, 0.1) is 0 Å². The predicted octanol–water partition coefficient (Wildman–Crippen LogP) is 1.63. The fourth-order valence-electron chi connectivity index (χ4n) is 1.68. The molecule has 0 amide bonds. The molecule has 0 saturated carbocycles. The Balaban J connectivity index is 2.06. The van der Waals surface area contributed by atoms with E-state index in [9.17, 15) is 4.79 Å². The number of nitrogens with two attached hydrogens (primary N) is 1. The van der Waals surface area contributed by atoms with Crippen LogP contribution in [0.15, 0.2) is 17.3 Å². The number of anilines is 1. The number of carbonyl (C=O) groups is 1. The summed E-state index contributed by atoms with van der Waals surface area (Å²) in [6.07, 6.45) is 3.79. The first-order valence-corrected chi connectivity index (χ1v) is 6.38. The van der Waals surface area contributed by atoms with Crippen molar-refractivity contribution in [2.24, 2.45) is 0 Å². The maximum atomic E-state index is 11.0. The molecule has 0 bridgehead atoms. The number of ether oxygens (including phenoxy) is 1. The van der Waals surface area contributed by atoms with Crippen molar-refractivity contribution in [2.45, 2.75) is 24.0 Å². The van der Waals surface area contributed by atoms with E-state index in [0.29, 0.717) is 10.7 Å². The summed E-state index contributed by atoms with van der Waals surface area (Å²) in [6.45, 7) is 0.798. The lowest BCUT2D eigenvalue weighted by atomic mass is 10.3. The zero-order chi connectivity index (χ0) is 12.3. The number of aromatic carboxylic acids is 1. The van der Waals surface area contributed by atoms with E-state index in [-0.39, 0.29) is 11.7 Å². The molecule has 1 fully saturated rings. The second-order valence-corrected chi connectivity index (χ2v) is 4.88. The van der Waals surface area contributed by atoms with Gasteiger partial charge in [0.25, 0.3) is 0 Å². The van der Waals surface area contributed by atoms with Crippen LogP contribution in [0.5, 0.6) is 0 Å². The molecule has 17 heavy (non-hydrogen) atoms. The minimum Gasteiger partial charge on any atom is -0.478 e. The molecule has 1 aromatic rings. The number of nitrogen functional groups attached to an aromatic ring is 1. The number of rotatable bonds is 4. The van der Waals surface area contributed by atoms with Gasteiger partial charge in [0, 0.05) is 12.4 Å². The minimum atomic E-state index is -1.00. The van der Waals surface area contributed by atoms with Gasteiger partial charge < -0.3 is 15.6 Å². The van der Waals surface area contributed by atoms with Crippen molar-refractivity contribution in [3.63, 3.8) is 0 Å². The third-order valence-corrected chi connectivity index (χ3v) is 3.67. The molecule has 1 saturated heterocycles. The first-order chi connectivity index (χ1) is 8.16. The van der Waals surface area contributed by atoms with Crippen LogP contribution in [0.25, 0.3) is 0 Å². The summed E-state index contributed by atoms with van der Waals surface area (Å²) >= 11 is 1.41. The highest BCUT2D eigenvalue weighted by atomic mass is 32.2. The van der Waals surface area contributed by atoms with Crippen LogP contribution in [-0.2, 0) is 4.74 Å². The molecule has 0 aromatic carbocycles. The van der Waals surface area contributed by atoms with Gasteiger partial charge in [-0.3, -0.25) is 0 Å².